The molecule has 24 heavy (non-hydrogen) atoms. The number of aliphatic hydroxyl groups is 1. The molecule has 0 saturated heterocycles. The molecule has 6 nitrogen and oxygen atoms in total. The highest BCUT2D eigenvalue weighted by atomic mass is 127. The molecule has 0 radical (unpaired) electrons. The van der Waals surface area contributed by atoms with E-state index in [1.807, 2.05) is 13.1 Å². The van der Waals surface area contributed by atoms with E-state index in [4.69, 9.17) is 4.74 Å². The maximum Gasteiger partial charge on any atom is 0.191 e. The Morgan fingerprint density at radius 3 is 2.71 bits per heavy atom. The highest BCUT2D eigenvalue weighted by Gasteiger charge is 2.06. The van der Waals surface area contributed by atoms with Crippen molar-refractivity contribution in [3.05, 3.63) is 16.1 Å². The lowest BCUT2D eigenvalue weighted by Crippen LogP contribution is -2.39. The Morgan fingerprint density at radius 1 is 1.38 bits per heavy atom. The molecule has 8 heteroatoms. The maximum absolute atomic E-state index is 9.89. The number of aromatic nitrogens is 1. The summed E-state index contributed by atoms with van der Waals surface area (Å²) in [5, 5.41) is 17.4. The summed E-state index contributed by atoms with van der Waals surface area (Å²) in [6.45, 7) is 11.1. The molecule has 0 aliphatic heterocycles. The minimum absolute atomic E-state index is 0. The van der Waals surface area contributed by atoms with Gasteiger partial charge in [0.1, 0.15) is 0 Å². The van der Waals surface area contributed by atoms with Crippen LogP contribution in [0.2, 0.25) is 0 Å². The second-order valence-corrected chi connectivity index (χ2v) is 7.17. The zero-order valence-electron chi connectivity index (χ0n) is 15.0. The molecule has 140 valence electrons. The van der Waals surface area contributed by atoms with Crippen LogP contribution in [0.3, 0.4) is 0 Å². The number of ether oxygens (including phenoxy) is 1. The number of aliphatic hydroxyl groups excluding tert-OH is 1. The number of guanidine groups is 1. The van der Waals surface area contributed by atoms with Gasteiger partial charge in [0.2, 0.25) is 0 Å². The number of hydrogen-bond acceptors (Lipinski definition) is 5. The molecule has 1 rings (SSSR count). The van der Waals surface area contributed by atoms with E-state index >= 15 is 0 Å². The van der Waals surface area contributed by atoms with Gasteiger partial charge >= 0.3 is 0 Å². The van der Waals surface area contributed by atoms with Crippen LogP contribution in [0.4, 0.5) is 0 Å². The third-order valence-electron chi connectivity index (χ3n) is 2.87. The molecular weight excluding hydrogens is 439 g/mol. The summed E-state index contributed by atoms with van der Waals surface area (Å²) < 4.78 is 5.42. The normalized spacial score (nSPS) is 12.8. The van der Waals surface area contributed by atoms with Crippen molar-refractivity contribution in [2.45, 2.75) is 40.2 Å². The molecule has 0 aliphatic rings. The molecule has 3 N–H and O–H groups in total. The van der Waals surface area contributed by atoms with Gasteiger partial charge in [0, 0.05) is 37.2 Å². The van der Waals surface area contributed by atoms with E-state index in [9.17, 15) is 5.11 Å². The minimum Gasteiger partial charge on any atom is -0.389 e. The van der Waals surface area contributed by atoms with Crippen molar-refractivity contribution in [3.8, 4) is 0 Å². The Labute approximate surface area is 166 Å². The monoisotopic (exact) mass is 470 g/mol. The summed E-state index contributed by atoms with van der Waals surface area (Å²) in [6.07, 6.45) is 2.18. The minimum atomic E-state index is -0.578. The number of aryl methyl sites for hydroxylation is 1. The number of halogens is 1. The number of nitrogens with zero attached hydrogens (tertiary/aromatic N) is 2. The van der Waals surface area contributed by atoms with E-state index < -0.39 is 6.10 Å². The molecule has 0 fully saturated rings. The van der Waals surface area contributed by atoms with Crippen LogP contribution in [0.1, 0.15) is 30.7 Å². The first-order valence-corrected chi connectivity index (χ1v) is 9.02. The van der Waals surface area contributed by atoms with E-state index in [2.05, 4.69) is 41.4 Å². The van der Waals surface area contributed by atoms with Crippen LogP contribution in [-0.2, 0) is 11.2 Å². The average Bonchev–Trinajstić information content (AvgIpc) is 2.90. The van der Waals surface area contributed by atoms with E-state index in [0.717, 1.165) is 24.5 Å². The lowest BCUT2D eigenvalue weighted by atomic mass is 10.2. The number of aliphatic imine (C=N–C) groups is 1. The highest BCUT2D eigenvalue weighted by molar-refractivity contribution is 14.0. The summed E-state index contributed by atoms with van der Waals surface area (Å²) in [7, 11) is 0. The van der Waals surface area contributed by atoms with Gasteiger partial charge in [0.05, 0.1) is 24.3 Å². The molecule has 0 saturated carbocycles. The van der Waals surface area contributed by atoms with Crippen LogP contribution in [0, 0.1) is 12.8 Å². The quantitative estimate of drug-likeness (QED) is 0.278. The summed E-state index contributed by atoms with van der Waals surface area (Å²) in [5.74, 6) is 1.18. The topological polar surface area (TPSA) is 78.8 Å². The largest absolute Gasteiger partial charge is 0.389 e. The van der Waals surface area contributed by atoms with Gasteiger partial charge in [0.25, 0.3) is 0 Å². The Kier molecular flexibility index (Phi) is 13.5. The Balaban J connectivity index is 0.00000529. The molecule has 0 aromatic carbocycles. The molecular formula is C16H31IN4O2S. The fourth-order valence-electron chi connectivity index (χ4n) is 1.84. The lowest BCUT2D eigenvalue weighted by molar-refractivity contribution is 0.0301. The molecule has 0 aliphatic carbocycles. The lowest BCUT2D eigenvalue weighted by Gasteiger charge is -2.13. The van der Waals surface area contributed by atoms with Crippen molar-refractivity contribution >= 4 is 41.3 Å². The highest BCUT2D eigenvalue weighted by Crippen LogP contribution is 2.10. The number of thiazole rings is 1. The van der Waals surface area contributed by atoms with Crippen LogP contribution in [0.15, 0.2) is 11.2 Å². The summed E-state index contributed by atoms with van der Waals surface area (Å²) >= 11 is 1.71. The van der Waals surface area contributed by atoms with Gasteiger partial charge in [-0.2, -0.15) is 0 Å². The van der Waals surface area contributed by atoms with Crippen molar-refractivity contribution in [1.82, 2.24) is 15.6 Å². The van der Waals surface area contributed by atoms with E-state index in [1.54, 1.807) is 11.3 Å². The number of rotatable bonds is 10. The van der Waals surface area contributed by atoms with Gasteiger partial charge in [-0.25, -0.2) is 4.98 Å². The molecule has 0 amide bonds. The van der Waals surface area contributed by atoms with E-state index in [0.29, 0.717) is 31.6 Å². The predicted molar refractivity (Wildman–Crippen MR) is 112 cm³/mol. The molecule has 1 heterocycles. The van der Waals surface area contributed by atoms with Crippen LogP contribution >= 0.6 is 35.3 Å². The number of nitrogens with one attached hydrogen (secondary N) is 2. The third kappa shape index (κ3) is 11.2. The van der Waals surface area contributed by atoms with Gasteiger partial charge in [-0.3, -0.25) is 4.99 Å². The molecule has 0 spiro atoms. The molecule has 1 atom stereocenters. The van der Waals surface area contributed by atoms with Crippen LogP contribution < -0.4 is 10.6 Å². The van der Waals surface area contributed by atoms with Gasteiger partial charge < -0.3 is 20.5 Å². The second-order valence-electron chi connectivity index (χ2n) is 5.85. The van der Waals surface area contributed by atoms with E-state index in [1.165, 1.54) is 4.88 Å². The van der Waals surface area contributed by atoms with Crippen molar-refractivity contribution in [1.29, 1.82) is 0 Å². The number of hydrogen-bond donors (Lipinski definition) is 3. The van der Waals surface area contributed by atoms with Gasteiger partial charge in [-0.15, -0.1) is 35.3 Å². The van der Waals surface area contributed by atoms with Crippen molar-refractivity contribution in [2.75, 3.05) is 32.8 Å². The maximum atomic E-state index is 9.89. The van der Waals surface area contributed by atoms with Crippen LogP contribution in [0.25, 0.3) is 0 Å². The second kappa shape index (κ2) is 13.8. The van der Waals surface area contributed by atoms with Crippen LogP contribution in [-0.4, -0.2) is 55.0 Å². The fraction of sp³-hybridized carbons (Fsp3) is 0.750. The molecule has 0 bridgehead atoms. The summed E-state index contributed by atoms with van der Waals surface area (Å²) in [6, 6.07) is 0. The van der Waals surface area contributed by atoms with Gasteiger partial charge in [-0.1, -0.05) is 13.8 Å². The Bertz CT molecular complexity index is 469. The first kappa shape index (κ1) is 23.5. The van der Waals surface area contributed by atoms with Crippen LogP contribution in [0.5, 0.6) is 0 Å². The Hall–Kier alpha value is -0.450. The SMILES string of the molecule is CCNC(=NCC(O)COCC(C)C)NCCc1ncc(C)s1.I. The smallest absolute Gasteiger partial charge is 0.191 e. The molecule has 1 aromatic rings. The zero-order chi connectivity index (χ0) is 17.1. The summed E-state index contributed by atoms with van der Waals surface area (Å²) in [5.41, 5.74) is 0. The van der Waals surface area contributed by atoms with Crippen molar-refractivity contribution in [2.24, 2.45) is 10.9 Å². The fourth-order valence-corrected chi connectivity index (χ4v) is 2.62. The average molecular weight is 470 g/mol. The predicted octanol–water partition coefficient (Wildman–Crippen LogP) is 2.20. The first-order chi connectivity index (χ1) is 11.0. The molecule has 1 unspecified atom stereocenters. The first-order valence-electron chi connectivity index (χ1n) is 8.20. The third-order valence-corrected chi connectivity index (χ3v) is 3.84. The standard InChI is InChI=1S/C16H30N4O2S.HI/c1-5-17-16(18-7-6-15-19-8-13(4)23-15)20-9-14(21)11-22-10-12(2)3;/h8,12,14,21H,5-7,9-11H2,1-4H3,(H2,17,18,20);1H. The summed E-state index contributed by atoms with van der Waals surface area (Å²) in [4.78, 5) is 9.96. The Morgan fingerprint density at radius 2 is 2.12 bits per heavy atom. The van der Waals surface area contributed by atoms with Gasteiger partial charge in [-0.05, 0) is 19.8 Å². The van der Waals surface area contributed by atoms with Crippen molar-refractivity contribution in [3.63, 3.8) is 0 Å². The van der Waals surface area contributed by atoms with Crippen molar-refractivity contribution < 1.29 is 9.84 Å². The van der Waals surface area contributed by atoms with Gasteiger partial charge in [0.15, 0.2) is 5.96 Å². The zero-order valence-corrected chi connectivity index (χ0v) is 18.2. The van der Waals surface area contributed by atoms with E-state index in [-0.39, 0.29) is 24.0 Å². The molecule has 1 aromatic heterocycles.